The van der Waals surface area contributed by atoms with Gasteiger partial charge in [0.05, 0.1) is 21.2 Å². The molecule has 0 amide bonds. The molecule has 0 heterocycles. The van der Waals surface area contributed by atoms with Gasteiger partial charge in [-0.25, -0.2) is 16.8 Å². The molecule has 6 rings (SSSR count). The summed E-state index contributed by atoms with van der Waals surface area (Å²) in [6.45, 7) is 0. The SMILES string of the molecule is O=C1C=Cc2ccccc2/C1=N\Nc1ccc(S(=O)(=O)[O-])cc1.O=C1C=Cc2ccccc2/C1=N\Nc1ccc(S(=O)(=O)[O-])cc1.[Ba+2]. The Bertz CT molecular complexity index is 2020. The van der Waals surface area contributed by atoms with E-state index in [2.05, 4.69) is 21.1 Å². The number of carbonyl (C=O) groups excluding carboxylic acids is 2. The summed E-state index contributed by atoms with van der Waals surface area (Å²) in [6, 6.07) is 25.1. The summed E-state index contributed by atoms with van der Waals surface area (Å²) in [6.07, 6.45) is 6.33. The number of hydrogen-bond acceptors (Lipinski definition) is 12. The van der Waals surface area contributed by atoms with Gasteiger partial charge in [-0.2, -0.15) is 10.2 Å². The van der Waals surface area contributed by atoms with Gasteiger partial charge in [0.2, 0.25) is 11.6 Å². The molecule has 4 aromatic rings. The molecule has 0 radical (unpaired) electrons. The molecule has 2 N–H and O–H groups in total. The average molecular weight is 792 g/mol. The summed E-state index contributed by atoms with van der Waals surface area (Å²) in [5.74, 6) is -0.454. The van der Waals surface area contributed by atoms with Gasteiger partial charge in [-0.1, -0.05) is 60.7 Å². The van der Waals surface area contributed by atoms with Crippen LogP contribution in [0.25, 0.3) is 12.2 Å². The molecule has 12 nitrogen and oxygen atoms in total. The Morgan fingerprint density at radius 3 is 1.17 bits per heavy atom. The maximum Gasteiger partial charge on any atom is 2.00 e. The van der Waals surface area contributed by atoms with Gasteiger partial charge < -0.3 is 9.11 Å². The minimum absolute atomic E-state index is 0. The van der Waals surface area contributed by atoms with Gasteiger partial charge in [-0.3, -0.25) is 20.4 Å². The van der Waals surface area contributed by atoms with Crippen LogP contribution in [0.15, 0.2) is 129 Å². The predicted octanol–water partition coefficient (Wildman–Crippen LogP) is 3.62. The fourth-order valence-corrected chi connectivity index (χ4v) is 5.27. The molecule has 0 aliphatic heterocycles. The average Bonchev–Trinajstić information content (AvgIpc) is 3.04. The van der Waals surface area contributed by atoms with Crippen molar-refractivity contribution in [3.63, 3.8) is 0 Å². The van der Waals surface area contributed by atoms with Crippen molar-refractivity contribution in [3.8, 4) is 0 Å². The molecule has 232 valence electrons. The van der Waals surface area contributed by atoms with Crippen LogP contribution >= 0.6 is 0 Å². The minimum Gasteiger partial charge on any atom is -0.744 e. The second-order valence-corrected chi connectivity index (χ2v) is 12.4. The van der Waals surface area contributed by atoms with E-state index >= 15 is 0 Å². The zero-order chi connectivity index (χ0) is 32.9. The summed E-state index contributed by atoms with van der Waals surface area (Å²) in [4.78, 5) is 23.3. The number of allylic oxidation sites excluding steroid dienone is 2. The Morgan fingerprint density at radius 2 is 0.830 bits per heavy atom. The number of nitrogens with one attached hydrogen (secondary N) is 2. The van der Waals surface area contributed by atoms with E-state index in [1.807, 2.05) is 36.4 Å². The van der Waals surface area contributed by atoms with E-state index in [0.29, 0.717) is 22.5 Å². The third kappa shape index (κ3) is 9.10. The van der Waals surface area contributed by atoms with E-state index in [0.717, 1.165) is 11.1 Å². The normalized spacial score (nSPS) is 15.2. The quantitative estimate of drug-likeness (QED) is 0.165. The molecule has 2 aliphatic rings. The maximum absolute atomic E-state index is 12.0. The second kappa shape index (κ2) is 15.3. The number of anilines is 2. The van der Waals surface area contributed by atoms with Crippen molar-refractivity contribution in [1.29, 1.82) is 0 Å². The monoisotopic (exact) mass is 792 g/mol. The Balaban J connectivity index is 0.000000208. The summed E-state index contributed by atoms with van der Waals surface area (Å²) in [5.41, 5.74) is 10.1. The molecule has 0 spiro atoms. The zero-order valence-electron chi connectivity index (χ0n) is 24.2. The van der Waals surface area contributed by atoms with Crippen molar-refractivity contribution in [2.24, 2.45) is 10.2 Å². The molecule has 0 saturated heterocycles. The number of benzene rings is 4. The van der Waals surface area contributed by atoms with E-state index in [9.17, 15) is 35.5 Å². The molecule has 0 atom stereocenters. The largest absolute Gasteiger partial charge is 2.00 e. The maximum atomic E-state index is 12.0. The van der Waals surface area contributed by atoms with Crippen molar-refractivity contribution < 1.29 is 35.5 Å². The number of rotatable bonds is 6. The predicted molar refractivity (Wildman–Crippen MR) is 176 cm³/mol. The van der Waals surface area contributed by atoms with Gasteiger partial charge in [0.25, 0.3) is 0 Å². The summed E-state index contributed by atoms with van der Waals surface area (Å²) in [7, 11) is -8.96. The molecule has 4 aromatic carbocycles. The van der Waals surface area contributed by atoms with Crippen molar-refractivity contribution in [3.05, 3.63) is 131 Å². The van der Waals surface area contributed by atoms with Gasteiger partial charge in [0.15, 0.2) is 0 Å². The van der Waals surface area contributed by atoms with Crippen molar-refractivity contribution in [2.75, 3.05) is 10.9 Å². The number of nitrogens with zero attached hydrogens (tertiary/aromatic N) is 2. The van der Waals surface area contributed by atoms with E-state index in [4.69, 9.17) is 0 Å². The summed E-state index contributed by atoms with van der Waals surface area (Å²) >= 11 is 0. The topological polar surface area (TPSA) is 197 Å². The van der Waals surface area contributed by atoms with Gasteiger partial charge >= 0.3 is 48.9 Å². The first-order valence-corrected chi connectivity index (χ1v) is 16.1. The number of ketones is 2. The summed E-state index contributed by atoms with van der Waals surface area (Å²) < 4.78 is 65.2. The van der Waals surface area contributed by atoms with Gasteiger partial charge in [-0.05, 0) is 71.8 Å². The van der Waals surface area contributed by atoms with E-state index < -0.39 is 20.2 Å². The van der Waals surface area contributed by atoms with Crippen LogP contribution in [0.4, 0.5) is 11.4 Å². The first-order valence-electron chi connectivity index (χ1n) is 13.3. The molecule has 2 aliphatic carbocycles. The molecule has 0 fully saturated rings. The van der Waals surface area contributed by atoms with E-state index in [1.165, 1.54) is 60.7 Å². The second-order valence-electron chi connectivity index (χ2n) is 9.67. The van der Waals surface area contributed by atoms with E-state index in [1.54, 1.807) is 24.3 Å². The standard InChI is InChI=1S/2C16H12N2O4S.Ba/c2*19-15-10-5-11-3-1-2-4-14(11)16(15)18-17-12-6-8-13(9-7-12)23(20,21)22;/h2*1-10,17H,(H,20,21,22);/q;;+2/p-2/b2*18-16+;. The zero-order valence-corrected chi connectivity index (χ0v) is 30.3. The molecule has 47 heavy (non-hydrogen) atoms. The third-order valence-corrected chi connectivity index (χ3v) is 8.31. The Morgan fingerprint density at radius 1 is 0.489 bits per heavy atom. The van der Waals surface area contributed by atoms with Crippen molar-refractivity contribution >= 4 is 116 Å². The molecular weight excluding hydrogens is 770 g/mol. The van der Waals surface area contributed by atoms with Crippen LogP contribution in [-0.2, 0) is 29.8 Å². The van der Waals surface area contributed by atoms with Crippen LogP contribution in [0.3, 0.4) is 0 Å². The molecule has 0 unspecified atom stereocenters. The molecule has 15 heteroatoms. The van der Waals surface area contributed by atoms with Gasteiger partial charge in [0.1, 0.15) is 31.7 Å². The van der Waals surface area contributed by atoms with Crippen LogP contribution < -0.4 is 10.9 Å². The molecule has 0 saturated carbocycles. The van der Waals surface area contributed by atoms with Crippen LogP contribution in [0, 0.1) is 0 Å². The van der Waals surface area contributed by atoms with Crippen molar-refractivity contribution in [2.45, 2.75) is 9.79 Å². The first kappa shape index (κ1) is 35.9. The number of hydrazone groups is 2. The summed E-state index contributed by atoms with van der Waals surface area (Å²) in [5, 5.41) is 8.21. The minimum atomic E-state index is -4.48. The molecule has 0 aromatic heterocycles. The third-order valence-electron chi connectivity index (χ3n) is 6.61. The van der Waals surface area contributed by atoms with Gasteiger partial charge in [-0.15, -0.1) is 0 Å². The Kier molecular flexibility index (Phi) is 11.7. The number of carbonyl (C=O) groups is 2. The Hall–Kier alpha value is -3.97. The molecular formula is C32H22BaN4O8S2. The first-order chi connectivity index (χ1) is 21.9. The van der Waals surface area contributed by atoms with Crippen LogP contribution in [0.1, 0.15) is 22.3 Å². The fraction of sp³-hybridized carbons (Fsp3) is 0. The smallest absolute Gasteiger partial charge is 0.744 e. The van der Waals surface area contributed by atoms with E-state index in [-0.39, 0.29) is 81.7 Å². The van der Waals surface area contributed by atoms with Crippen molar-refractivity contribution in [1.82, 2.24) is 0 Å². The van der Waals surface area contributed by atoms with Gasteiger partial charge in [0, 0.05) is 11.1 Å². The fourth-order valence-electron chi connectivity index (χ4n) is 4.33. The van der Waals surface area contributed by atoms with Crippen LogP contribution in [0.2, 0.25) is 0 Å². The van der Waals surface area contributed by atoms with Crippen LogP contribution in [0.5, 0.6) is 0 Å². The number of fused-ring (bicyclic) bond motifs is 2. The Labute approximate surface area is 310 Å². The van der Waals surface area contributed by atoms with Crippen LogP contribution in [-0.4, -0.2) is 97.8 Å². The number of hydrogen-bond donors (Lipinski definition) is 2. The molecule has 0 bridgehead atoms.